The van der Waals surface area contributed by atoms with Gasteiger partial charge in [-0.25, -0.2) is 0 Å². The van der Waals surface area contributed by atoms with Crippen LogP contribution < -0.4 is 0 Å². The summed E-state index contributed by atoms with van der Waals surface area (Å²) >= 11 is 0. The number of hydrogen-bond donors (Lipinski definition) is 0. The van der Waals surface area contributed by atoms with Crippen LogP contribution in [-0.4, -0.2) is 4.57 Å². The van der Waals surface area contributed by atoms with E-state index >= 15 is 0 Å². The molecule has 4 rings (SSSR count). The molecule has 24 heavy (non-hydrogen) atoms. The molecule has 1 heteroatoms. The Hall–Kier alpha value is -2.80. The van der Waals surface area contributed by atoms with Gasteiger partial charge in [-0.05, 0) is 40.6 Å². The minimum atomic E-state index is 0.905. The second-order valence-corrected chi connectivity index (χ2v) is 6.16. The summed E-state index contributed by atoms with van der Waals surface area (Å²) in [5, 5.41) is 1.33. The van der Waals surface area contributed by atoms with E-state index in [1.54, 1.807) is 0 Å². The monoisotopic (exact) mass is 311 g/mol. The summed E-state index contributed by atoms with van der Waals surface area (Å²) in [6.45, 7) is 3.13. The van der Waals surface area contributed by atoms with Crippen molar-refractivity contribution in [1.82, 2.24) is 4.57 Å². The van der Waals surface area contributed by atoms with E-state index in [1.165, 1.54) is 33.3 Å². The Morgan fingerprint density at radius 1 is 0.750 bits per heavy atom. The van der Waals surface area contributed by atoms with Gasteiger partial charge >= 0.3 is 0 Å². The van der Waals surface area contributed by atoms with E-state index in [0.717, 1.165) is 13.0 Å². The van der Waals surface area contributed by atoms with Gasteiger partial charge in [0.05, 0.1) is 0 Å². The third-order valence-corrected chi connectivity index (χ3v) is 4.69. The molecule has 1 heterocycles. The lowest BCUT2D eigenvalue weighted by Gasteiger charge is -2.14. The minimum absolute atomic E-state index is 0.905. The summed E-state index contributed by atoms with van der Waals surface area (Å²) in [6.07, 6.45) is 1.04. The first-order chi connectivity index (χ1) is 11.9. The highest BCUT2D eigenvalue weighted by atomic mass is 15.0. The summed E-state index contributed by atoms with van der Waals surface area (Å²) < 4.78 is 2.46. The first-order valence-electron chi connectivity index (χ1n) is 8.57. The van der Waals surface area contributed by atoms with E-state index in [-0.39, 0.29) is 0 Å². The lowest BCUT2D eigenvalue weighted by Crippen LogP contribution is -2.04. The first kappa shape index (κ1) is 14.8. The highest BCUT2D eigenvalue weighted by Gasteiger charge is 2.10. The third-order valence-electron chi connectivity index (χ3n) is 4.69. The fourth-order valence-electron chi connectivity index (χ4n) is 3.48. The van der Waals surface area contributed by atoms with Crippen LogP contribution in [0.4, 0.5) is 0 Å². The SMILES string of the molecule is CCc1cc2ccccc2n1Cc1ccccc1-c1ccccc1. The van der Waals surface area contributed by atoms with Crippen LogP contribution in [0.2, 0.25) is 0 Å². The van der Waals surface area contributed by atoms with Gasteiger partial charge in [0.25, 0.3) is 0 Å². The normalized spacial score (nSPS) is 11.0. The van der Waals surface area contributed by atoms with Crippen molar-refractivity contribution in [2.45, 2.75) is 19.9 Å². The molecule has 118 valence electrons. The molecule has 0 amide bonds. The van der Waals surface area contributed by atoms with E-state index in [9.17, 15) is 0 Å². The van der Waals surface area contributed by atoms with E-state index in [2.05, 4.69) is 96.4 Å². The zero-order valence-corrected chi connectivity index (χ0v) is 13.9. The zero-order valence-electron chi connectivity index (χ0n) is 13.9. The maximum Gasteiger partial charge on any atom is 0.0485 e. The van der Waals surface area contributed by atoms with Crippen molar-refractivity contribution in [3.05, 3.63) is 96.2 Å². The van der Waals surface area contributed by atoms with Gasteiger partial charge in [-0.1, -0.05) is 79.7 Å². The number of benzene rings is 3. The predicted molar refractivity (Wildman–Crippen MR) is 102 cm³/mol. The van der Waals surface area contributed by atoms with Crippen LogP contribution in [0.25, 0.3) is 22.0 Å². The van der Waals surface area contributed by atoms with Crippen LogP contribution in [0.3, 0.4) is 0 Å². The largest absolute Gasteiger partial charge is 0.340 e. The van der Waals surface area contributed by atoms with E-state index in [1.807, 2.05) is 0 Å². The van der Waals surface area contributed by atoms with E-state index < -0.39 is 0 Å². The molecule has 0 fully saturated rings. The quantitative estimate of drug-likeness (QED) is 0.441. The van der Waals surface area contributed by atoms with Crippen LogP contribution >= 0.6 is 0 Å². The van der Waals surface area contributed by atoms with Crippen LogP contribution in [0.1, 0.15) is 18.2 Å². The third kappa shape index (κ3) is 2.63. The fourth-order valence-corrected chi connectivity index (χ4v) is 3.48. The molecule has 0 saturated carbocycles. The summed E-state index contributed by atoms with van der Waals surface area (Å²) in [5.74, 6) is 0. The van der Waals surface area contributed by atoms with Crippen LogP contribution in [-0.2, 0) is 13.0 Å². The molecule has 0 unspecified atom stereocenters. The summed E-state index contributed by atoms with van der Waals surface area (Å²) in [4.78, 5) is 0. The van der Waals surface area contributed by atoms with Gasteiger partial charge in [0.15, 0.2) is 0 Å². The molecule has 1 nitrogen and oxygen atoms in total. The molecule has 4 aromatic rings. The molecule has 1 aromatic heterocycles. The Morgan fingerprint density at radius 3 is 2.29 bits per heavy atom. The first-order valence-corrected chi connectivity index (χ1v) is 8.57. The van der Waals surface area contributed by atoms with Crippen LogP contribution in [0, 0.1) is 0 Å². The van der Waals surface area contributed by atoms with Crippen molar-refractivity contribution in [1.29, 1.82) is 0 Å². The summed E-state index contributed by atoms with van der Waals surface area (Å²) in [6, 6.07) is 30.4. The Bertz CT molecular complexity index is 964. The Kier molecular flexibility index (Phi) is 3.92. The number of aromatic nitrogens is 1. The molecule has 0 radical (unpaired) electrons. The number of para-hydroxylation sites is 1. The highest BCUT2D eigenvalue weighted by molar-refractivity contribution is 5.81. The van der Waals surface area contributed by atoms with Crippen molar-refractivity contribution in [2.24, 2.45) is 0 Å². The molecule has 0 N–H and O–H groups in total. The molecular formula is C23H21N. The average molecular weight is 311 g/mol. The standard InChI is InChI=1S/C23H21N/c1-2-21-16-19-12-7-9-15-23(19)24(21)17-20-13-6-8-14-22(20)18-10-4-3-5-11-18/h3-16H,2,17H2,1H3. The average Bonchev–Trinajstić information content (AvgIpc) is 3.01. The van der Waals surface area contributed by atoms with Crippen molar-refractivity contribution >= 4 is 10.9 Å². The van der Waals surface area contributed by atoms with Crippen LogP contribution in [0.15, 0.2) is 84.9 Å². The Morgan fingerprint density at radius 2 is 1.46 bits per heavy atom. The maximum atomic E-state index is 2.46. The Balaban J connectivity index is 1.83. The van der Waals surface area contributed by atoms with Crippen molar-refractivity contribution in [3.63, 3.8) is 0 Å². The topological polar surface area (TPSA) is 4.93 Å². The molecule has 0 aliphatic heterocycles. The fraction of sp³-hybridized carbons (Fsp3) is 0.130. The van der Waals surface area contributed by atoms with Crippen LogP contribution in [0.5, 0.6) is 0 Å². The van der Waals surface area contributed by atoms with Gasteiger partial charge in [0, 0.05) is 17.8 Å². The molecule has 0 aliphatic rings. The van der Waals surface area contributed by atoms with Gasteiger partial charge < -0.3 is 4.57 Å². The molecular weight excluding hydrogens is 290 g/mol. The molecule has 3 aromatic carbocycles. The molecule has 0 spiro atoms. The molecule has 0 bridgehead atoms. The predicted octanol–water partition coefficient (Wildman–Crippen LogP) is 5.92. The number of rotatable bonds is 4. The molecule has 0 saturated heterocycles. The van der Waals surface area contributed by atoms with Crippen molar-refractivity contribution in [2.75, 3.05) is 0 Å². The smallest absolute Gasteiger partial charge is 0.0485 e. The number of fused-ring (bicyclic) bond motifs is 1. The summed E-state index contributed by atoms with van der Waals surface area (Å²) in [5.41, 5.74) is 6.66. The van der Waals surface area contributed by atoms with Gasteiger partial charge in [0.2, 0.25) is 0 Å². The van der Waals surface area contributed by atoms with Gasteiger partial charge in [-0.3, -0.25) is 0 Å². The zero-order chi connectivity index (χ0) is 16.4. The molecule has 0 atom stereocenters. The lowest BCUT2D eigenvalue weighted by atomic mass is 9.99. The lowest BCUT2D eigenvalue weighted by molar-refractivity contribution is 0.777. The van der Waals surface area contributed by atoms with Crippen molar-refractivity contribution < 1.29 is 0 Å². The highest BCUT2D eigenvalue weighted by Crippen LogP contribution is 2.27. The van der Waals surface area contributed by atoms with Gasteiger partial charge in [0.1, 0.15) is 0 Å². The van der Waals surface area contributed by atoms with E-state index in [0.29, 0.717) is 0 Å². The van der Waals surface area contributed by atoms with Crippen molar-refractivity contribution in [3.8, 4) is 11.1 Å². The number of hydrogen-bond acceptors (Lipinski definition) is 0. The number of aryl methyl sites for hydroxylation is 1. The molecule has 0 aliphatic carbocycles. The maximum absolute atomic E-state index is 2.46. The number of nitrogens with zero attached hydrogens (tertiary/aromatic N) is 1. The Labute approximate surface area is 143 Å². The second kappa shape index (κ2) is 6.37. The van der Waals surface area contributed by atoms with E-state index in [4.69, 9.17) is 0 Å². The van der Waals surface area contributed by atoms with Gasteiger partial charge in [-0.2, -0.15) is 0 Å². The second-order valence-electron chi connectivity index (χ2n) is 6.16. The van der Waals surface area contributed by atoms with Gasteiger partial charge in [-0.15, -0.1) is 0 Å². The summed E-state index contributed by atoms with van der Waals surface area (Å²) in [7, 11) is 0. The minimum Gasteiger partial charge on any atom is -0.340 e.